The Kier molecular flexibility index (Phi) is 3.74. The highest BCUT2D eigenvalue weighted by molar-refractivity contribution is 6.30. The van der Waals surface area contributed by atoms with E-state index < -0.39 is 0 Å². The molecule has 0 nitrogen and oxygen atoms in total. The summed E-state index contributed by atoms with van der Waals surface area (Å²) in [4.78, 5) is 0. The highest BCUT2D eigenvalue weighted by Crippen LogP contribution is 2.53. The van der Waals surface area contributed by atoms with Crippen LogP contribution in [0.25, 0.3) is 11.1 Å². The summed E-state index contributed by atoms with van der Waals surface area (Å²) in [5, 5.41) is 0.822. The molecule has 0 bridgehead atoms. The minimum atomic E-state index is -0.0193. The third-order valence-corrected chi connectivity index (χ3v) is 5.62. The van der Waals surface area contributed by atoms with Gasteiger partial charge in [-0.1, -0.05) is 85.2 Å². The summed E-state index contributed by atoms with van der Waals surface area (Å²) in [6.07, 6.45) is 0. The summed E-state index contributed by atoms with van der Waals surface area (Å²) in [7, 11) is 0. The van der Waals surface area contributed by atoms with Gasteiger partial charge in [-0.2, -0.15) is 0 Å². The molecular weight excluding hydrogens is 312 g/mol. The van der Waals surface area contributed by atoms with Crippen molar-refractivity contribution in [1.29, 1.82) is 0 Å². The van der Waals surface area contributed by atoms with Crippen LogP contribution in [0.1, 0.15) is 77.6 Å². The van der Waals surface area contributed by atoms with E-state index in [4.69, 9.17) is 11.6 Å². The van der Waals surface area contributed by atoms with Crippen LogP contribution in [0, 0.1) is 0 Å². The summed E-state index contributed by atoms with van der Waals surface area (Å²) < 4.78 is 0. The SMILES string of the molecule is CC(C)(C)c1cc2c(c(C(C)(C)C)c1)C(C)(C)c1cc(Cl)ccc1-2. The molecule has 0 heterocycles. The Morgan fingerprint density at radius 1 is 0.792 bits per heavy atom. The fraction of sp³-hybridized carbons (Fsp3) is 0.478. The summed E-state index contributed by atoms with van der Waals surface area (Å²) >= 11 is 6.33. The fourth-order valence-electron chi connectivity index (χ4n) is 3.96. The number of benzene rings is 2. The van der Waals surface area contributed by atoms with Crippen molar-refractivity contribution >= 4 is 11.6 Å². The standard InChI is InChI=1S/C23H29Cl/c1-21(2,3)14-11-17-16-10-9-15(24)13-18(16)23(7,8)20(17)19(12-14)22(4,5)6/h9-13H,1-8H3. The monoisotopic (exact) mass is 340 g/mol. The Bertz CT molecular complexity index is 811. The predicted octanol–water partition coefficient (Wildman–Crippen LogP) is 7.24. The van der Waals surface area contributed by atoms with Gasteiger partial charge in [-0.05, 0) is 56.3 Å². The van der Waals surface area contributed by atoms with Gasteiger partial charge in [0, 0.05) is 10.4 Å². The van der Waals surface area contributed by atoms with E-state index in [9.17, 15) is 0 Å². The molecule has 128 valence electrons. The van der Waals surface area contributed by atoms with Crippen LogP contribution in [0.2, 0.25) is 5.02 Å². The molecule has 24 heavy (non-hydrogen) atoms. The van der Waals surface area contributed by atoms with Gasteiger partial charge in [-0.3, -0.25) is 0 Å². The van der Waals surface area contributed by atoms with Crippen LogP contribution in [0.4, 0.5) is 0 Å². The van der Waals surface area contributed by atoms with Crippen LogP contribution in [0.3, 0.4) is 0 Å². The summed E-state index contributed by atoms with van der Waals surface area (Å²) in [6, 6.07) is 11.2. The van der Waals surface area contributed by atoms with E-state index in [1.165, 1.54) is 33.4 Å². The third-order valence-electron chi connectivity index (χ3n) is 5.38. The lowest BCUT2D eigenvalue weighted by Crippen LogP contribution is -2.24. The Labute approximate surface area is 152 Å². The first kappa shape index (κ1) is 17.5. The van der Waals surface area contributed by atoms with E-state index in [2.05, 4.69) is 79.7 Å². The predicted molar refractivity (Wildman–Crippen MR) is 106 cm³/mol. The molecule has 2 aromatic rings. The lowest BCUT2D eigenvalue weighted by atomic mass is 9.71. The second-order valence-electron chi connectivity index (χ2n) is 9.76. The Balaban J connectivity index is 2.44. The van der Waals surface area contributed by atoms with Crippen molar-refractivity contribution in [3.8, 4) is 11.1 Å². The van der Waals surface area contributed by atoms with Crippen LogP contribution in [-0.2, 0) is 16.2 Å². The van der Waals surface area contributed by atoms with Crippen LogP contribution in [-0.4, -0.2) is 0 Å². The maximum Gasteiger partial charge on any atom is 0.0409 e. The van der Waals surface area contributed by atoms with Gasteiger partial charge in [0.15, 0.2) is 0 Å². The molecule has 1 heteroatoms. The van der Waals surface area contributed by atoms with Crippen LogP contribution in [0.15, 0.2) is 30.3 Å². The van der Waals surface area contributed by atoms with Gasteiger partial charge in [0.1, 0.15) is 0 Å². The highest BCUT2D eigenvalue weighted by atomic mass is 35.5. The van der Waals surface area contributed by atoms with Crippen molar-refractivity contribution in [3.05, 3.63) is 57.6 Å². The summed E-state index contributed by atoms with van der Waals surface area (Å²) in [6.45, 7) is 18.5. The number of fused-ring (bicyclic) bond motifs is 3. The second-order valence-corrected chi connectivity index (χ2v) is 10.2. The second kappa shape index (κ2) is 5.11. The summed E-state index contributed by atoms with van der Waals surface area (Å²) in [5.74, 6) is 0. The van der Waals surface area contributed by atoms with E-state index >= 15 is 0 Å². The number of rotatable bonds is 0. The first-order valence-electron chi connectivity index (χ1n) is 8.83. The Morgan fingerprint density at radius 3 is 1.96 bits per heavy atom. The van der Waals surface area contributed by atoms with E-state index in [0.29, 0.717) is 0 Å². The molecule has 0 unspecified atom stereocenters. The largest absolute Gasteiger partial charge is 0.0843 e. The van der Waals surface area contributed by atoms with Crippen LogP contribution in [0.5, 0.6) is 0 Å². The van der Waals surface area contributed by atoms with Crippen molar-refractivity contribution in [2.75, 3.05) is 0 Å². The van der Waals surface area contributed by atoms with Gasteiger partial charge in [0.05, 0.1) is 0 Å². The molecule has 0 aliphatic heterocycles. The van der Waals surface area contributed by atoms with Gasteiger partial charge in [0.2, 0.25) is 0 Å². The van der Waals surface area contributed by atoms with E-state index in [0.717, 1.165) is 5.02 Å². The average molecular weight is 341 g/mol. The first-order valence-corrected chi connectivity index (χ1v) is 9.21. The van der Waals surface area contributed by atoms with Crippen molar-refractivity contribution in [1.82, 2.24) is 0 Å². The molecule has 2 aromatic carbocycles. The Hall–Kier alpha value is -1.27. The highest BCUT2D eigenvalue weighted by Gasteiger charge is 2.40. The molecule has 0 amide bonds. The molecule has 0 atom stereocenters. The number of halogens is 1. The van der Waals surface area contributed by atoms with Crippen molar-refractivity contribution < 1.29 is 0 Å². The van der Waals surface area contributed by atoms with Crippen LogP contribution >= 0.6 is 11.6 Å². The van der Waals surface area contributed by atoms with Crippen molar-refractivity contribution in [2.45, 2.75) is 71.6 Å². The molecule has 0 saturated carbocycles. The maximum absolute atomic E-state index is 6.33. The van der Waals surface area contributed by atoms with E-state index in [-0.39, 0.29) is 16.2 Å². The third kappa shape index (κ3) is 2.60. The van der Waals surface area contributed by atoms with Crippen molar-refractivity contribution in [3.63, 3.8) is 0 Å². The zero-order valence-electron chi connectivity index (χ0n) is 16.3. The molecule has 3 rings (SSSR count). The smallest absolute Gasteiger partial charge is 0.0409 e. The average Bonchev–Trinajstić information content (AvgIpc) is 2.64. The molecular formula is C23H29Cl. The minimum Gasteiger partial charge on any atom is -0.0843 e. The first-order chi connectivity index (χ1) is 10.8. The van der Waals surface area contributed by atoms with Gasteiger partial charge in [-0.25, -0.2) is 0 Å². The topological polar surface area (TPSA) is 0 Å². The Morgan fingerprint density at radius 2 is 1.42 bits per heavy atom. The van der Waals surface area contributed by atoms with E-state index in [1.54, 1.807) is 0 Å². The van der Waals surface area contributed by atoms with Gasteiger partial charge < -0.3 is 0 Å². The zero-order chi connectivity index (χ0) is 18.1. The lowest BCUT2D eigenvalue weighted by molar-refractivity contribution is 0.545. The van der Waals surface area contributed by atoms with E-state index in [1.807, 2.05) is 6.07 Å². The molecule has 0 spiro atoms. The molecule has 0 N–H and O–H groups in total. The molecule has 0 fully saturated rings. The molecule has 0 saturated heterocycles. The van der Waals surface area contributed by atoms with Gasteiger partial charge in [-0.15, -0.1) is 0 Å². The molecule has 1 aliphatic rings. The molecule has 1 aliphatic carbocycles. The fourth-order valence-corrected chi connectivity index (χ4v) is 4.13. The molecule has 0 radical (unpaired) electrons. The van der Waals surface area contributed by atoms with Crippen LogP contribution < -0.4 is 0 Å². The van der Waals surface area contributed by atoms with Crippen molar-refractivity contribution in [2.24, 2.45) is 0 Å². The lowest BCUT2D eigenvalue weighted by Gasteiger charge is -2.32. The van der Waals surface area contributed by atoms with Gasteiger partial charge >= 0.3 is 0 Å². The molecule has 0 aromatic heterocycles. The zero-order valence-corrected chi connectivity index (χ0v) is 17.0. The number of hydrogen-bond acceptors (Lipinski definition) is 0. The normalized spacial score (nSPS) is 16.0. The number of hydrogen-bond donors (Lipinski definition) is 0. The minimum absolute atomic E-state index is 0.0193. The quantitative estimate of drug-likeness (QED) is 0.474. The summed E-state index contributed by atoms with van der Waals surface area (Å²) in [5.41, 5.74) is 8.64. The van der Waals surface area contributed by atoms with Gasteiger partial charge in [0.25, 0.3) is 0 Å². The maximum atomic E-state index is 6.33.